The third-order valence-electron chi connectivity index (χ3n) is 3.17. The van der Waals surface area contributed by atoms with Crippen molar-refractivity contribution in [3.63, 3.8) is 0 Å². The number of carbonyl (C=O) groups is 1. The lowest BCUT2D eigenvalue weighted by atomic mass is 9.97. The van der Waals surface area contributed by atoms with Gasteiger partial charge in [0.05, 0.1) is 6.04 Å². The SMILES string of the molecule is O=C(O)C1NCCNC1c1ccc2ncoc2c1. The molecule has 1 aliphatic rings. The first kappa shape index (κ1) is 11.2. The largest absolute Gasteiger partial charge is 0.480 e. The van der Waals surface area contributed by atoms with E-state index in [0.29, 0.717) is 12.1 Å². The molecule has 2 aromatic rings. The van der Waals surface area contributed by atoms with E-state index in [1.807, 2.05) is 18.2 Å². The maximum atomic E-state index is 11.2. The van der Waals surface area contributed by atoms with Gasteiger partial charge in [0.2, 0.25) is 0 Å². The summed E-state index contributed by atoms with van der Waals surface area (Å²) in [6.07, 6.45) is 1.38. The van der Waals surface area contributed by atoms with Crippen molar-refractivity contribution >= 4 is 17.1 Å². The van der Waals surface area contributed by atoms with Gasteiger partial charge in [-0.3, -0.25) is 4.79 Å². The zero-order valence-corrected chi connectivity index (χ0v) is 9.59. The Labute approximate surface area is 103 Å². The summed E-state index contributed by atoms with van der Waals surface area (Å²) >= 11 is 0. The zero-order valence-electron chi connectivity index (χ0n) is 9.59. The highest BCUT2D eigenvalue weighted by molar-refractivity contribution is 5.77. The summed E-state index contributed by atoms with van der Waals surface area (Å²) in [5.74, 6) is -0.857. The van der Waals surface area contributed by atoms with Crippen LogP contribution in [0.2, 0.25) is 0 Å². The molecule has 1 aromatic carbocycles. The van der Waals surface area contributed by atoms with Crippen molar-refractivity contribution in [2.24, 2.45) is 0 Å². The minimum absolute atomic E-state index is 0.259. The Kier molecular flexibility index (Phi) is 2.73. The Morgan fingerprint density at radius 3 is 3.06 bits per heavy atom. The van der Waals surface area contributed by atoms with Gasteiger partial charge in [-0.2, -0.15) is 0 Å². The maximum absolute atomic E-state index is 11.2. The molecule has 6 heteroatoms. The van der Waals surface area contributed by atoms with E-state index in [4.69, 9.17) is 4.42 Å². The van der Waals surface area contributed by atoms with Crippen LogP contribution in [-0.2, 0) is 4.79 Å². The van der Waals surface area contributed by atoms with Crippen LogP contribution in [0.1, 0.15) is 11.6 Å². The number of aliphatic carboxylic acids is 1. The molecule has 0 bridgehead atoms. The van der Waals surface area contributed by atoms with Crippen LogP contribution in [0.15, 0.2) is 29.0 Å². The minimum atomic E-state index is -0.857. The Bertz CT molecular complexity index is 581. The van der Waals surface area contributed by atoms with Crippen LogP contribution in [0.5, 0.6) is 0 Å². The number of carboxylic acids is 1. The minimum Gasteiger partial charge on any atom is -0.480 e. The van der Waals surface area contributed by atoms with Crippen molar-refractivity contribution in [1.29, 1.82) is 0 Å². The van der Waals surface area contributed by atoms with E-state index in [2.05, 4.69) is 15.6 Å². The van der Waals surface area contributed by atoms with E-state index in [-0.39, 0.29) is 6.04 Å². The van der Waals surface area contributed by atoms with Crippen molar-refractivity contribution in [3.05, 3.63) is 30.2 Å². The van der Waals surface area contributed by atoms with Crippen molar-refractivity contribution in [2.75, 3.05) is 13.1 Å². The summed E-state index contributed by atoms with van der Waals surface area (Å²) in [5, 5.41) is 15.4. The molecule has 0 amide bonds. The van der Waals surface area contributed by atoms with Gasteiger partial charge >= 0.3 is 5.97 Å². The van der Waals surface area contributed by atoms with Crippen LogP contribution >= 0.6 is 0 Å². The Hall–Kier alpha value is -1.92. The van der Waals surface area contributed by atoms with E-state index in [1.54, 1.807) is 0 Å². The second kappa shape index (κ2) is 4.40. The average Bonchev–Trinajstić information content (AvgIpc) is 2.85. The summed E-state index contributed by atoms with van der Waals surface area (Å²) in [7, 11) is 0. The Morgan fingerprint density at radius 2 is 2.22 bits per heavy atom. The van der Waals surface area contributed by atoms with E-state index >= 15 is 0 Å². The van der Waals surface area contributed by atoms with Crippen molar-refractivity contribution < 1.29 is 14.3 Å². The number of carboxylic acid groups (broad SMARTS) is 1. The van der Waals surface area contributed by atoms with E-state index in [9.17, 15) is 9.90 Å². The summed E-state index contributed by atoms with van der Waals surface area (Å²) in [4.78, 5) is 15.3. The second-order valence-corrected chi connectivity index (χ2v) is 4.28. The van der Waals surface area contributed by atoms with Gasteiger partial charge in [0, 0.05) is 13.1 Å². The van der Waals surface area contributed by atoms with Crippen LogP contribution in [0.3, 0.4) is 0 Å². The maximum Gasteiger partial charge on any atom is 0.322 e. The van der Waals surface area contributed by atoms with Crippen LogP contribution in [0.4, 0.5) is 0 Å². The molecule has 94 valence electrons. The number of fused-ring (bicyclic) bond motifs is 1. The van der Waals surface area contributed by atoms with Gasteiger partial charge in [-0.05, 0) is 17.7 Å². The van der Waals surface area contributed by atoms with E-state index in [0.717, 1.165) is 17.6 Å². The molecule has 2 unspecified atom stereocenters. The molecule has 6 nitrogen and oxygen atoms in total. The van der Waals surface area contributed by atoms with E-state index < -0.39 is 12.0 Å². The van der Waals surface area contributed by atoms with Gasteiger partial charge in [0.1, 0.15) is 11.6 Å². The van der Waals surface area contributed by atoms with E-state index in [1.165, 1.54) is 6.39 Å². The first-order valence-corrected chi connectivity index (χ1v) is 5.78. The first-order chi connectivity index (χ1) is 8.75. The Morgan fingerprint density at radius 1 is 1.39 bits per heavy atom. The molecule has 2 atom stereocenters. The molecule has 1 aliphatic heterocycles. The monoisotopic (exact) mass is 247 g/mol. The van der Waals surface area contributed by atoms with Gasteiger partial charge in [0.25, 0.3) is 0 Å². The third kappa shape index (κ3) is 1.85. The molecule has 18 heavy (non-hydrogen) atoms. The number of hydrogen-bond acceptors (Lipinski definition) is 5. The topological polar surface area (TPSA) is 87.4 Å². The lowest BCUT2D eigenvalue weighted by Crippen LogP contribution is -2.54. The number of nitrogens with zero attached hydrogens (tertiary/aromatic N) is 1. The number of oxazole rings is 1. The third-order valence-corrected chi connectivity index (χ3v) is 3.17. The highest BCUT2D eigenvalue weighted by Gasteiger charge is 2.31. The van der Waals surface area contributed by atoms with Gasteiger partial charge < -0.3 is 20.2 Å². The smallest absolute Gasteiger partial charge is 0.322 e. The molecule has 0 radical (unpaired) electrons. The molecule has 3 N–H and O–H groups in total. The fourth-order valence-electron chi connectivity index (χ4n) is 2.30. The first-order valence-electron chi connectivity index (χ1n) is 5.78. The molecule has 2 heterocycles. The highest BCUT2D eigenvalue weighted by Crippen LogP contribution is 2.23. The highest BCUT2D eigenvalue weighted by atomic mass is 16.4. The van der Waals surface area contributed by atoms with Gasteiger partial charge in [-0.1, -0.05) is 6.07 Å². The molecule has 1 aromatic heterocycles. The number of benzene rings is 1. The second-order valence-electron chi connectivity index (χ2n) is 4.28. The normalized spacial score (nSPS) is 24.2. The average molecular weight is 247 g/mol. The van der Waals surface area contributed by atoms with Crippen molar-refractivity contribution in [3.8, 4) is 0 Å². The number of rotatable bonds is 2. The lowest BCUT2D eigenvalue weighted by Gasteiger charge is -2.31. The predicted molar refractivity (Wildman–Crippen MR) is 64.2 cm³/mol. The van der Waals surface area contributed by atoms with Gasteiger partial charge in [0.15, 0.2) is 12.0 Å². The zero-order chi connectivity index (χ0) is 12.5. The molecule has 0 spiro atoms. The molecule has 1 saturated heterocycles. The fraction of sp³-hybridized carbons (Fsp3) is 0.333. The van der Waals surface area contributed by atoms with Gasteiger partial charge in [-0.15, -0.1) is 0 Å². The number of nitrogens with one attached hydrogen (secondary N) is 2. The number of piperazine rings is 1. The number of aromatic nitrogens is 1. The molecule has 1 fully saturated rings. The van der Waals surface area contributed by atoms with Crippen LogP contribution < -0.4 is 10.6 Å². The number of hydrogen-bond donors (Lipinski definition) is 3. The predicted octanol–water partition coefficient (Wildman–Crippen LogP) is 0.515. The molecular weight excluding hydrogens is 234 g/mol. The Balaban J connectivity index is 1.97. The van der Waals surface area contributed by atoms with Crippen LogP contribution in [0.25, 0.3) is 11.1 Å². The summed E-state index contributed by atoms with van der Waals surface area (Å²) in [6.45, 7) is 1.39. The molecule has 3 rings (SSSR count). The summed E-state index contributed by atoms with van der Waals surface area (Å²) in [5.41, 5.74) is 2.33. The quantitative estimate of drug-likeness (QED) is 0.717. The van der Waals surface area contributed by atoms with Crippen molar-refractivity contribution in [1.82, 2.24) is 15.6 Å². The lowest BCUT2D eigenvalue weighted by molar-refractivity contribution is -0.140. The van der Waals surface area contributed by atoms with Crippen LogP contribution in [-0.4, -0.2) is 35.2 Å². The molecule has 0 saturated carbocycles. The summed E-state index contributed by atoms with van der Waals surface area (Å²) in [6, 6.07) is 4.67. The summed E-state index contributed by atoms with van der Waals surface area (Å²) < 4.78 is 5.24. The van der Waals surface area contributed by atoms with Crippen LogP contribution in [0, 0.1) is 0 Å². The van der Waals surface area contributed by atoms with Gasteiger partial charge in [-0.25, -0.2) is 4.98 Å². The fourth-order valence-corrected chi connectivity index (χ4v) is 2.30. The standard InChI is InChI=1S/C12H13N3O3/c16-12(17)11-10(13-3-4-14-11)7-1-2-8-9(5-7)18-6-15-8/h1-2,5-6,10-11,13-14H,3-4H2,(H,16,17). The van der Waals surface area contributed by atoms with Crippen molar-refractivity contribution in [2.45, 2.75) is 12.1 Å². The molecule has 0 aliphatic carbocycles. The molecular formula is C12H13N3O3.